The van der Waals surface area contributed by atoms with E-state index < -0.39 is 0 Å². The molecule has 1 saturated carbocycles. The summed E-state index contributed by atoms with van der Waals surface area (Å²) in [7, 11) is 0. The van der Waals surface area contributed by atoms with Crippen LogP contribution in [-0.4, -0.2) is 12.0 Å². The lowest BCUT2D eigenvalue weighted by Gasteiger charge is -2.25. The molecule has 0 bridgehead atoms. The number of benzene rings is 1. The van der Waals surface area contributed by atoms with Crippen molar-refractivity contribution in [2.24, 2.45) is 11.0 Å². The Morgan fingerprint density at radius 3 is 2.90 bits per heavy atom. The second-order valence-corrected chi connectivity index (χ2v) is 5.24. The second-order valence-electron chi connectivity index (χ2n) is 5.24. The van der Waals surface area contributed by atoms with Crippen molar-refractivity contribution in [2.75, 3.05) is 0 Å². The molecule has 0 heterocycles. The molecule has 2 atom stereocenters. The Morgan fingerprint density at radius 2 is 2.15 bits per heavy atom. The molecule has 5 nitrogen and oxygen atoms in total. The maximum atomic E-state index is 11.8. The quantitative estimate of drug-likeness (QED) is 0.352. The van der Waals surface area contributed by atoms with Crippen LogP contribution >= 0.6 is 0 Å². The van der Waals surface area contributed by atoms with E-state index in [0.717, 1.165) is 31.2 Å². The van der Waals surface area contributed by atoms with Crippen LogP contribution in [0.5, 0.6) is 0 Å². The number of esters is 1. The fraction of sp³-hybridized carbons (Fsp3) is 0.533. The Balaban J connectivity index is 1.75. The smallest absolute Gasteiger partial charge is 0.306 e. The summed E-state index contributed by atoms with van der Waals surface area (Å²) in [4.78, 5) is 14.7. The van der Waals surface area contributed by atoms with Gasteiger partial charge in [0.1, 0.15) is 6.61 Å². The molecule has 0 saturated heterocycles. The maximum Gasteiger partial charge on any atom is 0.306 e. The first-order valence-corrected chi connectivity index (χ1v) is 7.01. The van der Waals surface area contributed by atoms with Gasteiger partial charge >= 0.3 is 5.97 Å². The molecule has 0 aliphatic heterocycles. The normalized spacial score (nSPS) is 21.8. The van der Waals surface area contributed by atoms with Gasteiger partial charge in [-0.05, 0) is 36.3 Å². The van der Waals surface area contributed by atoms with E-state index in [1.165, 1.54) is 0 Å². The molecule has 1 aromatic carbocycles. The summed E-state index contributed by atoms with van der Waals surface area (Å²) in [6.07, 6.45) is 4.17. The largest absolute Gasteiger partial charge is 0.461 e. The zero-order chi connectivity index (χ0) is 14.2. The van der Waals surface area contributed by atoms with E-state index in [0.29, 0.717) is 13.0 Å². The lowest BCUT2D eigenvalue weighted by atomic mass is 9.84. The molecule has 0 aromatic heterocycles. The fourth-order valence-electron chi connectivity index (χ4n) is 2.66. The van der Waals surface area contributed by atoms with Crippen LogP contribution in [-0.2, 0) is 16.1 Å². The lowest BCUT2D eigenvalue weighted by molar-refractivity contribution is -0.146. The summed E-state index contributed by atoms with van der Waals surface area (Å²) >= 11 is 0. The van der Waals surface area contributed by atoms with Crippen LogP contribution in [0.2, 0.25) is 0 Å². The van der Waals surface area contributed by atoms with E-state index in [2.05, 4.69) is 10.0 Å². The Morgan fingerprint density at radius 1 is 1.35 bits per heavy atom. The molecule has 20 heavy (non-hydrogen) atoms. The van der Waals surface area contributed by atoms with Gasteiger partial charge in [0, 0.05) is 17.4 Å². The average molecular weight is 273 g/mol. The third-order valence-corrected chi connectivity index (χ3v) is 3.67. The van der Waals surface area contributed by atoms with Crippen molar-refractivity contribution in [2.45, 2.75) is 44.8 Å². The van der Waals surface area contributed by atoms with Crippen LogP contribution in [0, 0.1) is 5.92 Å². The number of nitrogens with zero attached hydrogens (tertiary/aromatic N) is 3. The molecule has 1 aromatic rings. The third-order valence-electron chi connectivity index (χ3n) is 3.67. The SMILES string of the molecule is [N-]=[N+]=N[C@@H]1CCC[C@H](CC(=O)OCc2ccccc2)C1. The van der Waals surface area contributed by atoms with Gasteiger partial charge in [0.05, 0.1) is 0 Å². The van der Waals surface area contributed by atoms with E-state index in [4.69, 9.17) is 10.3 Å². The van der Waals surface area contributed by atoms with Gasteiger partial charge in [0.15, 0.2) is 0 Å². The van der Waals surface area contributed by atoms with Gasteiger partial charge in [-0.25, -0.2) is 0 Å². The molecule has 106 valence electrons. The highest BCUT2D eigenvalue weighted by atomic mass is 16.5. The van der Waals surface area contributed by atoms with Gasteiger partial charge in [0.25, 0.3) is 0 Å². The number of carbonyl (C=O) groups excluding carboxylic acids is 1. The minimum absolute atomic E-state index is 0.0423. The van der Waals surface area contributed by atoms with Crippen LogP contribution < -0.4 is 0 Å². The molecule has 0 unspecified atom stereocenters. The first-order valence-electron chi connectivity index (χ1n) is 7.01. The Hall–Kier alpha value is -2.00. The van der Waals surface area contributed by atoms with E-state index in [1.807, 2.05) is 30.3 Å². The topological polar surface area (TPSA) is 75.1 Å². The molecule has 1 aliphatic rings. The highest BCUT2D eigenvalue weighted by Crippen LogP contribution is 2.29. The van der Waals surface area contributed by atoms with Gasteiger partial charge < -0.3 is 4.74 Å². The zero-order valence-corrected chi connectivity index (χ0v) is 11.4. The van der Waals surface area contributed by atoms with Crippen molar-refractivity contribution in [3.63, 3.8) is 0 Å². The third kappa shape index (κ3) is 4.59. The minimum atomic E-state index is -0.166. The summed E-state index contributed by atoms with van der Waals surface area (Å²) in [6.45, 7) is 0.326. The van der Waals surface area contributed by atoms with E-state index in [1.54, 1.807) is 0 Å². The maximum absolute atomic E-state index is 11.8. The molecule has 0 spiro atoms. The summed E-state index contributed by atoms with van der Waals surface area (Å²) in [5.74, 6) is 0.114. The lowest BCUT2D eigenvalue weighted by Crippen LogP contribution is -2.21. The summed E-state index contributed by atoms with van der Waals surface area (Å²) in [5.41, 5.74) is 9.46. The molecule has 1 fully saturated rings. The van der Waals surface area contributed by atoms with Crippen LogP contribution in [0.25, 0.3) is 10.4 Å². The van der Waals surface area contributed by atoms with Crippen molar-refractivity contribution >= 4 is 5.97 Å². The van der Waals surface area contributed by atoms with Gasteiger partial charge in [0.2, 0.25) is 0 Å². The monoisotopic (exact) mass is 273 g/mol. The molecule has 5 heteroatoms. The van der Waals surface area contributed by atoms with Crippen molar-refractivity contribution in [1.29, 1.82) is 0 Å². The summed E-state index contributed by atoms with van der Waals surface area (Å²) in [5, 5.41) is 3.76. The van der Waals surface area contributed by atoms with E-state index >= 15 is 0 Å². The van der Waals surface area contributed by atoms with Crippen LogP contribution in [0.4, 0.5) is 0 Å². The fourth-order valence-corrected chi connectivity index (χ4v) is 2.66. The van der Waals surface area contributed by atoms with Gasteiger partial charge in [-0.15, -0.1) is 0 Å². The van der Waals surface area contributed by atoms with Crippen LogP contribution in [0.3, 0.4) is 0 Å². The minimum Gasteiger partial charge on any atom is -0.461 e. The number of hydrogen-bond donors (Lipinski definition) is 0. The molecule has 0 radical (unpaired) electrons. The van der Waals surface area contributed by atoms with E-state index in [9.17, 15) is 4.79 Å². The summed E-state index contributed by atoms with van der Waals surface area (Å²) in [6, 6.07) is 9.70. The molecule has 1 aliphatic carbocycles. The second kappa shape index (κ2) is 7.56. The number of rotatable bonds is 5. The first kappa shape index (κ1) is 14.4. The van der Waals surface area contributed by atoms with Gasteiger partial charge in [-0.1, -0.05) is 41.9 Å². The van der Waals surface area contributed by atoms with Crippen LogP contribution in [0.1, 0.15) is 37.7 Å². The van der Waals surface area contributed by atoms with Gasteiger partial charge in [-0.3, -0.25) is 4.79 Å². The predicted octanol–water partition coefficient (Wildman–Crippen LogP) is 3.99. The molecule has 2 rings (SSSR count). The van der Waals surface area contributed by atoms with Crippen molar-refractivity contribution in [1.82, 2.24) is 0 Å². The van der Waals surface area contributed by atoms with Crippen molar-refractivity contribution in [3.8, 4) is 0 Å². The predicted molar refractivity (Wildman–Crippen MR) is 75.7 cm³/mol. The molecule has 0 N–H and O–H groups in total. The Labute approximate surface area is 118 Å². The Kier molecular flexibility index (Phi) is 5.44. The molecular weight excluding hydrogens is 254 g/mol. The average Bonchev–Trinajstić information content (AvgIpc) is 2.47. The highest BCUT2D eigenvalue weighted by molar-refractivity contribution is 5.69. The zero-order valence-electron chi connectivity index (χ0n) is 11.4. The Bertz CT molecular complexity index is 483. The number of carbonyl (C=O) groups is 1. The van der Waals surface area contributed by atoms with Crippen LogP contribution in [0.15, 0.2) is 35.4 Å². The van der Waals surface area contributed by atoms with Crippen molar-refractivity contribution in [3.05, 3.63) is 46.3 Å². The first-order chi connectivity index (χ1) is 9.78. The number of azide groups is 1. The highest BCUT2D eigenvalue weighted by Gasteiger charge is 2.23. The van der Waals surface area contributed by atoms with E-state index in [-0.39, 0.29) is 17.9 Å². The van der Waals surface area contributed by atoms with Gasteiger partial charge in [-0.2, -0.15) is 0 Å². The summed E-state index contributed by atoms with van der Waals surface area (Å²) < 4.78 is 5.28. The molecule has 0 amide bonds. The standard InChI is InChI=1S/C15H19N3O2/c16-18-17-14-8-4-7-13(9-14)10-15(19)20-11-12-5-2-1-3-6-12/h1-3,5-6,13-14H,4,7-11H2/t13-,14+/m0/s1. The number of ether oxygens (including phenoxy) is 1. The number of hydrogen-bond acceptors (Lipinski definition) is 3. The van der Waals surface area contributed by atoms with Crippen molar-refractivity contribution < 1.29 is 9.53 Å². The molecular formula is C15H19N3O2.